The molecule has 2 heterocycles. The molecule has 0 radical (unpaired) electrons. The summed E-state index contributed by atoms with van der Waals surface area (Å²) in [5.41, 5.74) is 0.994. The topological polar surface area (TPSA) is 65.2 Å². The number of Topliss-reactive ketones (excluding diaryl/α,β-unsaturated/α-hetero) is 1. The van der Waals surface area contributed by atoms with Gasteiger partial charge in [0.05, 0.1) is 0 Å². The van der Waals surface area contributed by atoms with Gasteiger partial charge in [0, 0.05) is 30.9 Å². The van der Waals surface area contributed by atoms with Crippen molar-refractivity contribution in [3.05, 3.63) is 23.5 Å². The van der Waals surface area contributed by atoms with E-state index in [4.69, 9.17) is 0 Å². The van der Waals surface area contributed by atoms with Crippen molar-refractivity contribution < 1.29 is 9.59 Å². The van der Waals surface area contributed by atoms with E-state index in [9.17, 15) is 9.59 Å². The second-order valence-corrected chi connectivity index (χ2v) is 5.85. The third-order valence-electron chi connectivity index (χ3n) is 4.18. The van der Waals surface area contributed by atoms with Gasteiger partial charge in [-0.25, -0.2) is 0 Å². The summed E-state index contributed by atoms with van der Waals surface area (Å²) < 4.78 is 0. The molecule has 21 heavy (non-hydrogen) atoms. The van der Waals surface area contributed by atoms with Crippen LogP contribution in [0, 0.1) is 0 Å². The molecule has 116 valence electrons. The average molecular weight is 291 g/mol. The minimum atomic E-state index is -0.144. The normalized spacial score (nSPS) is 19.4. The zero-order valence-corrected chi connectivity index (χ0v) is 12.9. The largest absolute Gasteiger partial charge is 0.356 e. The van der Waals surface area contributed by atoms with Crippen LogP contribution < -0.4 is 5.32 Å². The van der Waals surface area contributed by atoms with Crippen LogP contribution in [0.3, 0.4) is 0 Å². The van der Waals surface area contributed by atoms with Crippen LogP contribution >= 0.6 is 0 Å². The van der Waals surface area contributed by atoms with Crippen molar-refractivity contribution in [1.82, 2.24) is 15.2 Å². The van der Waals surface area contributed by atoms with Crippen molar-refractivity contribution in [3.8, 4) is 0 Å². The number of nitrogens with zero attached hydrogens (tertiary/aromatic N) is 1. The first-order valence-corrected chi connectivity index (χ1v) is 7.79. The maximum Gasteiger partial charge on any atom is 0.267 e. The van der Waals surface area contributed by atoms with Gasteiger partial charge in [-0.3, -0.25) is 9.59 Å². The minimum absolute atomic E-state index is 0.0376. The van der Waals surface area contributed by atoms with Crippen LogP contribution in [-0.4, -0.2) is 47.3 Å². The summed E-state index contributed by atoms with van der Waals surface area (Å²) in [6.07, 6.45) is 6.43. The molecule has 0 bridgehead atoms. The minimum Gasteiger partial charge on any atom is -0.356 e. The van der Waals surface area contributed by atoms with Crippen LogP contribution in [0.4, 0.5) is 0 Å². The monoisotopic (exact) mass is 291 g/mol. The van der Waals surface area contributed by atoms with Gasteiger partial charge in [0.1, 0.15) is 5.69 Å². The Labute approximate surface area is 126 Å². The number of ketones is 1. The first kappa shape index (κ1) is 15.8. The molecule has 0 saturated carbocycles. The molecular weight excluding hydrogens is 266 g/mol. The lowest BCUT2D eigenvalue weighted by molar-refractivity contribution is 0.0944. The Balaban J connectivity index is 1.70. The fourth-order valence-electron chi connectivity index (χ4n) is 2.80. The summed E-state index contributed by atoms with van der Waals surface area (Å²) in [7, 11) is 0. The number of nitrogens with one attached hydrogen (secondary N) is 2. The standard InChI is InChI=1S/C16H25N3O2/c1-12-6-3-4-8-19(12)9-5-7-17-16(21)15-10-14(11-18-15)13(2)20/h10-12,18H,3-9H2,1-2H3,(H,17,21)/t12-/m1/s1. The Bertz CT molecular complexity index is 495. The van der Waals surface area contributed by atoms with Gasteiger partial charge < -0.3 is 15.2 Å². The number of H-pyrrole nitrogens is 1. The number of piperidine rings is 1. The predicted octanol–water partition coefficient (Wildman–Crippen LogP) is 2.21. The number of carbonyl (C=O) groups is 2. The number of likely N-dealkylation sites (tertiary alicyclic amines) is 1. The highest BCUT2D eigenvalue weighted by Crippen LogP contribution is 2.16. The third-order valence-corrected chi connectivity index (χ3v) is 4.18. The van der Waals surface area contributed by atoms with E-state index >= 15 is 0 Å². The second-order valence-electron chi connectivity index (χ2n) is 5.85. The number of hydrogen-bond acceptors (Lipinski definition) is 3. The number of aromatic nitrogens is 1. The van der Waals surface area contributed by atoms with Crippen molar-refractivity contribution in [2.75, 3.05) is 19.6 Å². The molecule has 0 aliphatic carbocycles. The molecule has 1 amide bonds. The fraction of sp³-hybridized carbons (Fsp3) is 0.625. The molecule has 2 N–H and O–H groups in total. The smallest absolute Gasteiger partial charge is 0.267 e. The molecule has 1 aliphatic rings. The maximum absolute atomic E-state index is 11.9. The molecule has 5 nitrogen and oxygen atoms in total. The molecule has 1 atom stereocenters. The van der Waals surface area contributed by atoms with Crippen LogP contribution in [-0.2, 0) is 0 Å². The number of aromatic amines is 1. The van der Waals surface area contributed by atoms with Crippen molar-refractivity contribution >= 4 is 11.7 Å². The summed E-state index contributed by atoms with van der Waals surface area (Å²) in [5.74, 6) is -0.182. The van der Waals surface area contributed by atoms with E-state index < -0.39 is 0 Å². The lowest BCUT2D eigenvalue weighted by Gasteiger charge is -2.33. The van der Waals surface area contributed by atoms with Gasteiger partial charge in [-0.2, -0.15) is 0 Å². The molecule has 1 aliphatic heterocycles. The zero-order chi connectivity index (χ0) is 15.2. The van der Waals surface area contributed by atoms with Gasteiger partial charge in [0.15, 0.2) is 5.78 Å². The molecule has 1 saturated heterocycles. The molecule has 1 aromatic rings. The van der Waals surface area contributed by atoms with Crippen LogP contribution in [0.2, 0.25) is 0 Å². The molecule has 0 unspecified atom stereocenters. The van der Waals surface area contributed by atoms with Crippen molar-refractivity contribution in [1.29, 1.82) is 0 Å². The van der Waals surface area contributed by atoms with E-state index in [-0.39, 0.29) is 11.7 Å². The van der Waals surface area contributed by atoms with E-state index in [0.717, 1.165) is 13.0 Å². The van der Waals surface area contributed by atoms with Crippen molar-refractivity contribution in [3.63, 3.8) is 0 Å². The Hall–Kier alpha value is -1.62. The highest BCUT2D eigenvalue weighted by Gasteiger charge is 2.17. The first-order valence-electron chi connectivity index (χ1n) is 7.79. The van der Waals surface area contributed by atoms with Crippen LogP contribution in [0.25, 0.3) is 0 Å². The van der Waals surface area contributed by atoms with Gasteiger partial charge in [-0.1, -0.05) is 6.42 Å². The van der Waals surface area contributed by atoms with E-state index in [2.05, 4.69) is 22.1 Å². The van der Waals surface area contributed by atoms with Gasteiger partial charge in [-0.05, 0) is 45.7 Å². The van der Waals surface area contributed by atoms with Crippen molar-refractivity contribution in [2.45, 2.75) is 45.6 Å². The highest BCUT2D eigenvalue weighted by atomic mass is 16.2. The lowest BCUT2D eigenvalue weighted by atomic mass is 10.0. The first-order chi connectivity index (χ1) is 10.1. The van der Waals surface area contributed by atoms with E-state index in [0.29, 0.717) is 23.8 Å². The maximum atomic E-state index is 11.9. The van der Waals surface area contributed by atoms with Crippen LogP contribution in [0.15, 0.2) is 12.3 Å². The molecule has 2 rings (SSSR count). The summed E-state index contributed by atoms with van der Waals surface area (Å²) in [6, 6.07) is 2.26. The van der Waals surface area contributed by atoms with Gasteiger partial charge in [-0.15, -0.1) is 0 Å². The van der Waals surface area contributed by atoms with Gasteiger partial charge in [0.25, 0.3) is 5.91 Å². The summed E-state index contributed by atoms with van der Waals surface area (Å²) in [6.45, 7) is 6.64. The van der Waals surface area contributed by atoms with Gasteiger partial charge >= 0.3 is 0 Å². The summed E-state index contributed by atoms with van der Waals surface area (Å²) in [4.78, 5) is 28.5. The average Bonchev–Trinajstić information content (AvgIpc) is 2.95. The Morgan fingerprint density at radius 2 is 2.24 bits per heavy atom. The summed E-state index contributed by atoms with van der Waals surface area (Å²) in [5, 5.41) is 2.90. The third kappa shape index (κ3) is 4.43. The molecule has 0 spiro atoms. The molecule has 1 aromatic heterocycles. The van der Waals surface area contributed by atoms with Crippen molar-refractivity contribution in [2.24, 2.45) is 0 Å². The molecule has 0 aromatic carbocycles. The lowest BCUT2D eigenvalue weighted by Crippen LogP contribution is -2.39. The van der Waals surface area contributed by atoms with E-state index in [1.165, 1.54) is 32.7 Å². The molecule has 1 fully saturated rings. The predicted molar refractivity (Wildman–Crippen MR) is 82.6 cm³/mol. The van der Waals surface area contributed by atoms with Crippen LogP contribution in [0.5, 0.6) is 0 Å². The number of amides is 1. The van der Waals surface area contributed by atoms with Crippen LogP contribution in [0.1, 0.15) is 60.4 Å². The quantitative estimate of drug-likeness (QED) is 0.624. The van der Waals surface area contributed by atoms with Gasteiger partial charge in [0.2, 0.25) is 0 Å². The highest BCUT2D eigenvalue weighted by molar-refractivity contribution is 5.99. The number of hydrogen-bond donors (Lipinski definition) is 2. The fourth-order valence-corrected chi connectivity index (χ4v) is 2.80. The van der Waals surface area contributed by atoms with E-state index in [1.54, 1.807) is 12.3 Å². The Kier molecular flexibility index (Phi) is 5.56. The second kappa shape index (κ2) is 7.41. The SMILES string of the molecule is CC(=O)c1c[nH]c(C(=O)NCCCN2CCCC[C@H]2C)c1. The molecular formula is C16H25N3O2. The number of rotatable bonds is 6. The Morgan fingerprint density at radius 1 is 1.43 bits per heavy atom. The molecule has 5 heteroatoms. The Morgan fingerprint density at radius 3 is 2.90 bits per heavy atom. The zero-order valence-electron chi connectivity index (χ0n) is 12.9. The summed E-state index contributed by atoms with van der Waals surface area (Å²) >= 11 is 0. The van der Waals surface area contributed by atoms with E-state index in [1.807, 2.05) is 0 Å². The number of carbonyl (C=O) groups excluding carboxylic acids is 2.